The molecule has 0 radical (unpaired) electrons. The van der Waals surface area contributed by atoms with Gasteiger partial charge in [0.2, 0.25) is 5.78 Å². The number of hydrogen-bond acceptors (Lipinski definition) is 6. The van der Waals surface area contributed by atoms with Crippen LogP contribution in [0.25, 0.3) is 0 Å². The number of nitrogens with one attached hydrogen (secondary N) is 1. The van der Waals surface area contributed by atoms with E-state index in [1.54, 1.807) is 72.8 Å². The summed E-state index contributed by atoms with van der Waals surface area (Å²) in [5, 5.41) is 33.4. The zero-order chi connectivity index (χ0) is 22.9. The molecule has 2 N–H and O–H groups in total. The summed E-state index contributed by atoms with van der Waals surface area (Å²) in [7, 11) is 0. The minimum Gasteiger partial charge on any atom is -0.507 e. The molecule has 0 bridgehead atoms. The molecule has 0 saturated heterocycles. The third-order valence-electron chi connectivity index (χ3n) is 4.74. The molecular weight excluding hydrogens is 404 g/mol. The number of rotatable bonds is 7. The molecule has 0 fully saturated rings. The maximum absolute atomic E-state index is 13.4. The van der Waals surface area contributed by atoms with Gasteiger partial charge in [0.15, 0.2) is 0 Å². The second kappa shape index (κ2) is 10.3. The van der Waals surface area contributed by atoms with E-state index in [9.17, 15) is 25.2 Å². The number of amides is 1. The van der Waals surface area contributed by atoms with Crippen LogP contribution in [0.15, 0.2) is 90.0 Å². The van der Waals surface area contributed by atoms with E-state index >= 15 is 0 Å². The summed E-state index contributed by atoms with van der Waals surface area (Å²) in [6, 6.07) is 26.8. The number of hydrogen-bond donors (Lipinski definition) is 2. The summed E-state index contributed by atoms with van der Waals surface area (Å²) < 4.78 is 0. The maximum atomic E-state index is 13.4. The van der Waals surface area contributed by atoms with E-state index in [2.05, 4.69) is 10.5 Å². The topological polar surface area (TPSA) is 126 Å². The van der Waals surface area contributed by atoms with E-state index in [1.807, 2.05) is 12.1 Å². The van der Waals surface area contributed by atoms with E-state index < -0.39 is 23.5 Å². The molecule has 0 saturated carbocycles. The number of ketones is 1. The fraction of sp³-hybridized carbons (Fsp3) is 0.0800. The van der Waals surface area contributed by atoms with Crippen molar-refractivity contribution < 1.29 is 14.7 Å². The first-order valence-electron chi connectivity index (χ1n) is 9.66. The van der Waals surface area contributed by atoms with Gasteiger partial charge in [0, 0.05) is 0 Å². The molecule has 2 unspecified atom stereocenters. The third kappa shape index (κ3) is 4.86. The molecule has 32 heavy (non-hydrogen) atoms. The number of nitriles is 2. The van der Waals surface area contributed by atoms with Crippen molar-refractivity contribution in [2.75, 3.05) is 0 Å². The molecule has 3 aromatic carbocycles. The predicted octanol–water partition coefficient (Wildman–Crippen LogP) is 3.66. The second-order valence-electron chi connectivity index (χ2n) is 6.76. The number of aromatic hydroxyl groups is 1. The molecule has 1 amide bonds. The van der Waals surface area contributed by atoms with E-state index in [-0.39, 0.29) is 17.0 Å². The molecule has 0 aromatic heterocycles. The third-order valence-corrected chi connectivity index (χ3v) is 4.74. The highest BCUT2D eigenvalue weighted by Gasteiger charge is 2.32. The fourth-order valence-corrected chi connectivity index (χ4v) is 3.12. The quantitative estimate of drug-likeness (QED) is 0.444. The molecule has 0 aliphatic heterocycles. The van der Waals surface area contributed by atoms with Gasteiger partial charge in [-0.3, -0.25) is 9.59 Å². The van der Waals surface area contributed by atoms with Gasteiger partial charge >= 0.3 is 0 Å². The number of para-hydroxylation sites is 1. The maximum Gasteiger partial charge on any atom is 0.275 e. The van der Waals surface area contributed by atoms with E-state index in [1.165, 1.54) is 12.1 Å². The van der Waals surface area contributed by atoms with Crippen molar-refractivity contribution in [3.63, 3.8) is 0 Å². The van der Waals surface area contributed by atoms with Crippen LogP contribution >= 0.6 is 0 Å². The van der Waals surface area contributed by atoms with Crippen LogP contribution in [0.2, 0.25) is 0 Å². The minimum atomic E-state index is -1.21. The van der Waals surface area contributed by atoms with Crippen molar-refractivity contribution in [2.24, 2.45) is 5.10 Å². The van der Waals surface area contributed by atoms with Gasteiger partial charge in [-0.1, -0.05) is 72.8 Å². The Bertz CT molecular complexity index is 1230. The molecule has 2 atom stereocenters. The summed E-state index contributed by atoms with van der Waals surface area (Å²) in [6.07, 6.45) is 0. The van der Waals surface area contributed by atoms with Crippen LogP contribution in [0.3, 0.4) is 0 Å². The smallest absolute Gasteiger partial charge is 0.275 e. The number of carbonyl (C=O) groups is 2. The second-order valence-corrected chi connectivity index (χ2v) is 6.76. The van der Waals surface area contributed by atoms with Gasteiger partial charge in [-0.2, -0.15) is 15.6 Å². The standard InChI is InChI=1S/C25H18N4O3/c26-15-20(17-9-3-1-4-10-17)23(24(31)21(16-27)18-11-5-2-6-12-18)28-29-25(32)19-13-7-8-14-22(19)30/h1-14,20-21,30H,(H,29,32)/b28-23-. The van der Waals surface area contributed by atoms with Crippen LogP contribution in [-0.4, -0.2) is 22.5 Å². The van der Waals surface area contributed by atoms with Crippen LogP contribution in [0.5, 0.6) is 5.75 Å². The lowest BCUT2D eigenvalue weighted by atomic mass is 9.86. The monoisotopic (exact) mass is 422 g/mol. The molecule has 156 valence electrons. The van der Waals surface area contributed by atoms with E-state index in [0.29, 0.717) is 11.1 Å². The number of phenols is 1. The Morgan fingerprint density at radius 3 is 1.81 bits per heavy atom. The molecular formula is C25H18N4O3. The van der Waals surface area contributed by atoms with Crippen molar-refractivity contribution >= 4 is 17.4 Å². The van der Waals surface area contributed by atoms with Crippen LogP contribution in [0.1, 0.15) is 33.3 Å². The van der Waals surface area contributed by atoms with Gasteiger partial charge in [0.1, 0.15) is 23.3 Å². The highest BCUT2D eigenvalue weighted by molar-refractivity contribution is 6.45. The van der Waals surface area contributed by atoms with Crippen molar-refractivity contribution in [3.8, 4) is 17.9 Å². The summed E-state index contributed by atoms with van der Waals surface area (Å²) >= 11 is 0. The molecule has 0 spiro atoms. The molecule has 7 nitrogen and oxygen atoms in total. The summed E-state index contributed by atoms with van der Waals surface area (Å²) in [6.45, 7) is 0. The van der Waals surface area contributed by atoms with Crippen molar-refractivity contribution in [2.45, 2.75) is 11.8 Å². The normalized spacial score (nSPS) is 12.6. The summed E-state index contributed by atoms with van der Waals surface area (Å²) in [4.78, 5) is 25.9. The predicted molar refractivity (Wildman–Crippen MR) is 118 cm³/mol. The zero-order valence-corrected chi connectivity index (χ0v) is 16.8. The lowest BCUT2D eigenvalue weighted by Gasteiger charge is -2.15. The Morgan fingerprint density at radius 2 is 1.28 bits per heavy atom. The van der Waals surface area contributed by atoms with Gasteiger partial charge in [0.25, 0.3) is 5.91 Å². The van der Waals surface area contributed by atoms with Gasteiger partial charge in [-0.05, 0) is 23.3 Å². The van der Waals surface area contributed by atoms with Gasteiger partial charge in [0.05, 0.1) is 17.7 Å². The summed E-state index contributed by atoms with van der Waals surface area (Å²) in [5.74, 6) is -4.05. The van der Waals surface area contributed by atoms with Crippen molar-refractivity contribution in [3.05, 3.63) is 102 Å². The molecule has 3 rings (SSSR count). The van der Waals surface area contributed by atoms with Crippen LogP contribution < -0.4 is 5.43 Å². The Balaban J connectivity index is 2.03. The van der Waals surface area contributed by atoms with Crippen LogP contribution in [0, 0.1) is 22.7 Å². The van der Waals surface area contributed by atoms with E-state index in [4.69, 9.17) is 0 Å². The van der Waals surface area contributed by atoms with Crippen LogP contribution in [0.4, 0.5) is 0 Å². The number of carbonyl (C=O) groups excluding carboxylic acids is 2. The molecule has 0 heterocycles. The Labute approximate surface area is 184 Å². The van der Waals surface area contributed by atoms with Gasteiger partial charge < -0.3 is 5.11 Å². The SMILES string of the molecule is N#CC(C(=O)/C(=N\NC(=O)c1ccccc1O)C(C#N)c1ccccc1)c1ccccc1. The molecule has 0 aliphatic rings. The number of hydrazone groups is 1. The number of nitrogens with zero attached hydrogens (tertiary/aromatic N) is 3. The zero-order valence-electron chi connectivity index (χ0n) is 16.8. The fourth-order valence-electron chi connectivity index (χ4n) is 3.12. The first-order valence-corrected chi connectivity index (χ1v) is 9.66. The Kier molecular flexibility index (Phi) is 7.09. The Morgan fingerprint density at radius 1 is 0.781 bits per heavy atom. The molecule has 3 aromatic rings. The van der Waals surface area contributed by atoms with Crippen molar-refractivity contribution in [1.29, 1.82) is 10.5 Å². The Hall–Kier alpha value is -4.75. The average Bonchev–Trinajstić information content (AvgIpc) is 2.83. The summed E-state index contributed by atoms with van der Waals surface area (Å²) in [5.41, 5.74) is 2.86. The first kappa shape index (κ1) is 21.9. The number of Topliss-reactive ketones (excluding diaryl/α,β-unsaturated/α-hetero) is 1. The average molecular weight is 422 g/mol. The highest BCUT2D eigenvalue weighted by atomic mass is 16.3. The largest absolute Gasteiger partial charge is 0.507 e. The van der Waals surface area contributed by atoms with Gasteiger partial charge in [-0.25, -0.2) is 5.43 Å². The number of benzene rings is 3. The first-order chi connectivity index (χ1) is 15.6. The lowest BCUT2D eigenvalue weighted by Crippen LogP contribution is -2.30. The van der Waals surface area contributed by atoms with E-state index in [0.717, 1.165) is 0 Å². The minimum absolute atomic E-state index is 0.0452. The molecule has 0 aliphatic carbocycles. The highest BCUT2D eigenvalue weighted by Crippen LogP contribution is 2.24. The van der Waals surface area contributed by atoms with Crippen molar-refractivity contribution in [1.82, 2.24) is 5.43 Å². The van der Waals surface area contributed by atoms with Gasteiger partial charge in [-0.15, -0.1) is 0 Å². The lowest BCUT2D eigenvalue weighted by molar-refractivity contribution is -0.113. The van der Waals surface area contributed by atoms with Crippen LogP contribution in [-0.2, 0) is 4.79 Å². The number of phenolic OH excluding ortho intramolecular Hbond substituents is 1. The molecule has 7 heteroatoms.